The predicted octanol–water partition coefficient (Wildman–Crippen LogP) is 6.34. The van der Waals surface area contributed by atoms with Gasteiger partial charge in [-0.3, -0.25) is 9.36 Å². The van der Waals surface area contributed by atoms with Crippen LogP contribution < -0.4 is 33.8 Å². The maximum absolute atomic E-state index is 14.3. The summed E-state index contributed by atoms with van der Waals surface area (Å²) in [5.74, 6) is 1.66. The summed E-state index contributed by atoms with van der Waals surface area (Å²) in [4.78, 5) is 33.2. The monoisotopic (exact) mass is 678 g/mol. The number of thiazole rings is 1. The van der Waals surface area contributed by atoms with Gasteiger partial charge in [-0.05, 0) is 71.7 Å². The molecule has 9 nitrogen and oxygen atoms in total. The molecule has 2 heterocycles. The van der Waals surface area contributed by atoms with E-state index in [1.165, 1.54) is 11.3 Å². The van der Waals surface area contributed by atoms with Gasteiger partial charge in [-0.1, -0.05) is 73.2 Å². The molecule has 4 aromatic carbocycles. The number of carbonyl (C=O) groups is 1. The van der Waals surface area contributed by atoms with Crippen LogP contribution in [-0.2, 0) is 16.1 Å². The number of carbonyl (C=O) groups excluding carboxylic acids is 1. The van der Waals surface area contributed by atoms with Gasteiger partial charge < -0.3 is 23.7 Å². The third-order valence-electron chi connectivity index (χ3n) is 8.37. The van der Waals surface area contributed by atoms with Crippen molar-refractivity contribution in [2.45, 2.75) is 39.3 Å². The van der Waals surface area contributed by atoms with Crippen LogP contribution in [0.25, 0.3) is 16.8 Å². The zero-order valence-corrected chi connectivity index (χ0v) is 29.0. The van der Waals surface area contributed by atoms with E-state index in [9.17, 15) is 9.59 Å². The van der Waals surface area contributed by atoms with E-state index in [2.05, 4.69) is 24.3 Å². The molecule has 0 spiro atoms. The number of ether oxygens (including phenoxy) is 5. The highest BCUT2D eigenvalue weighted by Gasteiger charge is 2.36. The Hall–Kier alpha value is -5.35. The van der Waals surface area contributed by atoms with Crippen molar-refractivity contribution in [3.63, 3.8) is 0 Å². The van der Waals surface area contributed by atoms with E-state index >= 15 is 0 Å². The molecule has 6 rings (SSSR count). The second-order valence-electron chi connectivity index (χ2n) is 11.4. The van der Waals surface area contributed by atoms with E-state index in [4.69, 9.17) is 28.7 Å². The van der Waals surface area contributed by atoms with Crippen molar-refractivity contribution in [3.05, 3.63) is 127 Å². The Morgan fingerprint density at radius 2 is 1.67 bits per heavy atom. The number of esters is 1. The van der Waals surface area contributed by atoms with E-state index in [1.807, 2.05) is 43.3 Å². The maximum Gasteiger partial charge on any atom is 0.338 e. The summed E-state index contributed by atoms with van der Waals surface area (Å²) in [5, 5.41) is 2.28. The molecule has 1 aliphatic rings. The summed E-state index contributed by atoms with van der Waals surface area (Å²) >= 11 is 1.26. The Bertz CT molecular complexity index is 2230. The van der Waals surface area contributed by atoms with Gasteiger partial charge in [-0.2, -0.15) is 0 Å². The minimum absolute atomic E-state index is 0.178. The number of methoxy groups -OCH3 is 3. The van der Waals surface area contributed by atoms with Crippen LogP contribution in [0.4, 0.5) is 0 Å². The molecule has 49 heavy (non-hydrogen) atoms. The largest absolute Gasteiger partial charge is 0.497 e. The first kappa shape index (κ1) is 33.5. The first-order valence-corrected chi connectivity index (χ1v) is 16.9. The number of benzene rings is 4. The van der Waals surface area contributed by atoms with E-state index in [0.717, 1.165) is 28.3 Å². The van der Waals surface area contributed by atoms with Crippen molar-refractivity contribution in [2.75, 3.05) is 27.9 Å². The van der Waals surface area contributed by atoms with Crippen LogP contribution in [0.3, 0.4) is 0 Å². The molecule has 1 aromatic heterocycles. The molecule has 5 aromatic rings. The molecule has 0 unspecified atom stereocenters. The van der Waals surface area contributed by atoms with Crippen molar-refractivity contribution in [2.24, 2.45) is 4.99 Å². The predicted molar refractivity (Wildman–Crippen MR) is 190 cm³/mol. The molecule has 252 valence electrons. The quantitative estimate of drug-likeness (QED) is 0.142. The van der Waals surface area contributed by atoms with Crippen molar-refractivity contribution in [3.8, 4) is 23.0 Å². The van der Waals surface area contributed by atoms with Gasteiger partial charge in [-0.15, -0.1) is 0 Å². The van der Waals surface area contributed by atoms with Gasteiger partial charge in [0.1, 0.15) is 24.1 Å². The lowest BCUT2D eigenvalue weighted by Crippen LogP contribution is -2.40. The fraction of sp³-hybridized carbons (Fsp3) is 0.256. The Morgan fingerprint density at radius 1 is 0.898 bits per heavy atom. The van der Waals surface area contributed by atoms with Crippen molar-refractivity contribution >= 4 is 34.2 Å². The van der Waals surface area contributed by atoms with Crippen LogP contribution in [0.5, 0.6) is 23.0 Å². The highest BCUT2D eigenvalue weighted by molar-refractivity contribution is 7.07. The lowest BCUT2D eigenvalue weighted by molar-refractivity contribution is -0.139. The molecular formula is C39H38N2O7S. The first-order valence-electron chi connectivity index (χ1n) is 16.1. The average Bonchev–Trinajstić information content (AvgIpc) is 3.43. The third kappa shape index (κ3) is 6.69. The highest BCUT2D eigenvalue weighted by atomic mass is 32.1. The summed E-state index contributed by atoms with van der Waals surface area (Å²) < 4.78 is 30.7. The van der Waals surface area contributed by atoms with Crippen LogP contribution in [0.15, 0.2) is 99.9 Å². The fourth-order valence-corrected chi connectivity index (χ4v) is 7.11. The van der Waals surface area contributed by atoms with Crippen LogP contribution in [0, 0.1) is 0 Å². The van der Waals surface area contributed by atoms with Crippen molar-refractivity contribution in [1.29, 1.82) is 0 Å². The SMILES string of the molecule is CCCC1=C(C(=O)OCC)[C@H](c2cc(OC)ccc2OC)n2c(s/c(=C\c3ccc(OCc4cccc5ccccc45)c(OC)c3)c2=O)=N1. The fourth-order valence-electron chi connectivity index (χ4n) is 6.09. The van der Waals surface area contributed by atoms with Crippen LogP contribution in [0.1, 0.15) is 49.4 Å². The van der Waals surface area contributed by atoms with Gasteiger partial charge in [0.15, 0.2) is 16.3 Å². The number of rotatable bonds is 12. The second-order valence-corrected chi connectivity index (χ2v) is 12.4. The number of aromatic nitrogens is 1. The standard InChI is InChI=1S/C39H38N2O7S/c1-6-11-30-35(38(43)47-7-2)36(29-22-27(44-3)17-19-31(29)45-4)41-37(42)34(49-39(41)40-30)21-24-16-18-32(33(20-24)46-5)48-23-26-14-10-13-25-12-8-9-15-28(25)26/h8-10,12-22,36H,6-7,11,23H2,1-5H3/b34-21-/t36-/m0/s1. The summed E-state index contributed by atoms with van der Waals surface area (Å²) in [7, 11) is 4.71. The molecule has 0 fully saturated rings. The lowest BCUT2D eigenvalue weighted by atomic mass is 9.93. The van der Waals surface area contributed by atoms with Gasteiger partial charge in [0, 0.05) is 5.56 Å². The molecular weight excluding hydrogens is 641 g/mol. The summed E-state index contributed by atoms with van der Waals surface area (Å²) in [5.41, 5.74) is 2.99. The normalized spacial score (nSPS) is 14.3. The van der Waals surface area contributed by atoms with Crippen molar-refractivity contribution in [1.82, 2.24) is 4.57 Å². The van der Waals surface area contributed by atoms with Crippen LogP contribution >= 0.6 is 11.3 Å². The summed E-state index contributed by atoms with van der Waals surface area (Å²) in [6, 6.07) is 24.4. The molecule has 0 saturated heterocycles. The van der Waals surface area contributed by atoms with Gasteiger partial charge >= 0.3 is 5.97 Å². The van der Waals surface area contributed by atoms with E-state index in [-0.39, 0.29) is 12.2 Å². The minimum Gasteiger partial charge on any atom is -0.497 e. The third-order valence-corrected chi connectivity index (χ3v) is 9.36. The zero-order chi connectivity index (χ0) is 34.5. The number of nitrogens with zero attached hydrogens (tertiary/aromatic N) is 2. The molecule has 1 aliphatic heterocycles. The van der Waals surface area contributed by atoms with E-state index in [0.29, 0.717) is 62.2 Å². The van der Waals surface area contributed by atoms with E-state index in [1.54, 1.807) is 57.1 Å². The second kappa shape index (κ2) is 14.8. The van der Waals surface area contributed by atoms with Crippen LogP contribution in [-0.4, -0.2) is 38.5 Å². The topological polar surface area (TPSA) is 97.6 Å². The number of hydrogen-bond acceptors (Lipinski definition) is 9. The van der Waals surface area contributed by atoms with Gasteiger partial charge in [0.25, 0.3) is 5.56 Å². The molecule has 10 heteroatoms. The molecule has 1 atom stereocenters. The van der Waals surface area contributed by atoms with E-state index < -0.39 is 12.0 Å². The van der Waals surface area contributed by atoms with Gasteiger partial charge in [0.2, 0.25) is 0 Å². The molecule has 0 bridgehead atoms. The number of allylic oxidation sites excluding steroid dienone is 1. The molecule has 0 amide bonds. The average molecular weight is 679 g/mol. The Morgan fingerprint density at radius 3 is 2.43 bits per heavy atom. The smallest absolute Gasteiger partial charge is 0.338 e. The molecule has 0 aliphatic carbocycles. The van der Waals surface area contributed by atoms with Gasteiger partial charge in [-0.25, -0.2) is 9.79 Å². The minimum atomic E-state index is -0.844. The molecule has 0 radical (unpaired) electrons. The molecule has 0 N–H and O–H groups in total. The highest BCUT2D eigenvalue weighted by Crippen LogP contribution is 2.39. The zero-order valence-electron chi connectivity index (χ0n) is 28.1. The lowest BCUT2D eigenvalue weighted by Gasteiger charge is -2.27. The Kier molecular flexibility index (Phi) is 10.1. The summed E-state index contributed by atoms with van der Waals surface area (Å²) in [6.45, 7) is 4.32. The Labute approximate surface area is 288 Å². The van der Waals surface area contributed by atoms with Crippen LogP contribution in [0.2, 0.25) is 0 Å². The van der Waals surface area contributed by atoms with Gasteiger partial charge in [0.05, 0.1) is 43.7 Å². The first-order chi connectivity index (χ1) is 23.9. The summed E-state index contributed by atoms with van der Waals surface area (Å²) in [6.07, 6.45) is 3.07. The number of hydrogen-bond donors (Lipinski definition) is 0. The Balaban J connectivity index is 1.43. The molecule has 0 saturated carbocycles. The maximum atomic E-state index is 14.3. The number of fused-ring (bicyclic) bond motifs is 2. The van der Waals surface area contributed by atoms with Crippen molar-refractivity contribution < 1.29 is 28.5 Å².